The fourth-order valence-corrected chi connectivity index (χ4v) is 4.16. The summed E-state index contributed by atoms with van der Waals surface area (Å²) in [6.07, 6.45) is 8.06. The first-order chi connectivity index (χ1) is 14.2. The number of allylic oxidation sites excluding steroid dienone is 1. The highest BCUT2D eigenvalue weighted by molar-refractivity contribution is 5.94. The van der Waals surface area contributed by atoms with Crippen molar-refractivity contribution in [1.82, 2.24) is 5.32 Å². The van der Waals surface area contributed by atoms with Crippen molar-refractivity contribution in [3.05, 3.63) is 77.4 Å². The number of carbonyl (C=O) groups excluding carboxylic acids is 1. The molecule has 0 bridgehead atoms. The Balaban J connectivity index is 1.30. The number of hydrogen-bond donors (Lipinski definition) is 1. The van der Waals surface area contributed by atoms with Crippen molar-refractivity contribution in [2.75, 3.05) is 13.2 Å². The quantitative estimate of drug-likeness (QED) is 0.718. The van der Waals surface area contributed by atoms with Gasteiger partial charge in [-0.2, -0.15) is 0 Å². The molecule has 1 saturated heterocycles. The van der Waals surface area contributed by atoms with Gasteiger partial charge < -0.3 is 14.8 Å². The van der Waals surface area contributed by atoms with Crippen LogP contribution in [0.15, 0.2) is 55.1 Å². The van der Waals surface area contributed by atoms with Crippen molar-refractivity contribution in [1.29, 1.82) is 0 Å². The van der Waals surface area contributed by atoms with E-state index in [0.29, 0.717) is 12.2 Å². The number of rotatable bonds is 7. The van der Waals surface area contributed by atoms with Crippen LogP contribution in [0, 0.1) is 0 Å². The Hall–Kier alpha value is -2.59. The van der Waals surface area contributed by atoms with E-state index in [4.69, 9.17) is 9.47 Å². The first-order valence-electron chi connectivity index (χ1n) is 10.6. The van der Waals surface area contributed by atoms with Crippen LogP contribution in [0.2, 0.25) is 0 Å². The van der Waals surface area contributed by atoms with Gasteiger partial charge in [0.2, 0.25) is 0 Å². The lowest BCUT2D eigenvalue weighted by Crippen LogP contribution is -2.38. The molecule has 1 N–H and O–H groups in total. The largest absolute Gasteiger partial charge is 0.491 e. The summed E-state index contributed by atoms with van der Waals surface area (Å²) in [6, 6.07) is 14.2. The van der Waals surface area contributed by atoms with Gasteiger partial charge in [-0.15, -0.1) is 6.58 Å². The average molecular weight is 392 g/mol. The molecule has 2 aromatic carbocycles. The van der Waals surface area contributed by atoms with E-state index in [1.54, 1.807) is 0 Å². The second-order valence-electron chi connectivity index (χ2n) is 7.98. The van der Waals surface area contributed by atoms with Crippen LogP contribution in [0.5, 0.6) is 5.75 Å². The molecule has 152 valence electrons. The van der Waals surface area contributed by atoms with Crippen molar-refractivity contribution in [3.8, 4) is 5.75 Å². The molecule has 4 rings (SSSR count). The minimum atomic E-state index is -0.0209. The number of carbonyl (C=O) groups is 1. The summed E-state index contributed by atoms with van der Waals surface area (Å²) in [5, 5.41) is 3.20. The molecule has 0 unspecified atom stereocenters. The summed E-state index contributed by atoms with van der Waals surface area (Å²) in [6.45, 7) is 5.21. The maximum atomic E-state index is 12.7. The van der Waals surface area contributed by atoms with E-state index in [0.717, 1.165) is 50.9 Å². The van der Waals surface area contributed by atoms with Gasteiger partial charge in [0.05, 0.1) is 6.10 Å². The smallest absolute Gasteiger partial charge is 0.251 e. The van der Waals surface area contributed by atoms with E-state index in [-0.39, 0.29) is 18.1 Å². The lowest BCUT2D eigenvalue weighted by molar-refractivity contribution is 0.0679. The van der Waals surface area contributed by atoms with Crippen molar-refractivity contribution in [2.45, 2.75) is 50.7 Å². The summed E-state index contributed by atoms with van der Waals surface area (Å²) in [4.78, 5) is 12.7. The van der Waals surface area contributed by atoms with Crippen molar-refractivity contribution >= 4 is 5.91 Å². The summed E-state index contributed by atoms with van der Waals surface area (Å²) in [5.41, 5.74) is 4.72. The highest BCUT2D eigenvalue weighted by atomic mass is 16.5. The van der Waals surface area contributed by atoms with E-state index in [2.05, 4.69) is 30.1 Å². The maximum Gasteiger partial charge on any atom is 0.251 e. The molecule has 0 aromatic heterocycles. The van der Waals surface area contributed by atoms with Gasteiger partial charge in [0.15, 0.2) is 0 Å². The number of hydrogen-bond acceptors (Lipinski definition) is 3. The molecule has 1 aliphatic carbocycles. The number of nitrogens with one attached hydrogen (secondary N) is 1. The fraction of sp³-hybridized carbons (Fsp3) is 0.400. The highest BCUT2D eigenvalue weighted by Crippen LogP contribution is 2.24. The number of ether oxygens (including phenoxy) is 2. The van der Waals surface area contributed by atoms with Gasteiger partial charge in [0, 0.05) is 18.2 Å². The Morgan fingerprint density at radius 3 is 2.79 bits per heavy atom. The summed E-state index contributed by atoms with van der Waals surface area (Å²) in [7, 11) is 0. The molecule has 0 spiro atoms. The van der Waals surface area contributed by atoms with Gasteiger partial charge in [0.1, 0.15) is 12.4 Å². The molecule has 0 radical (unpaired) electrons. The third-order valence-electron chi connectivity index (χ3n) is 5.79. The second kappa shape index (κ2) is 9.27. The molecule has 1 heterocycles. The second-order valence-corrected chi connectivity index (χ2v) is 7.98. The van der Waals surface area contributed by atoms with E-state index < -0.39 is 0 Å². The zero-order chi connectivity index (χ0) is 20.1. The predicted octanol–water partition coefficient (Wildman–Crippen LogP) is 4.26. The van der Waals surface area contributed by atoms with Crippen LogP contribution in [0.3, 0.4) is 0 Å². The Morgan fingerprint density at radius 2 is 2.03 bits per heavy atom. The third-order valence-corrected chi connectivity index (χ3v) is 5.79. The van der Waals surface area contributed by atoms with Crippen molar-refractivity contribution < 1.29 is 14.3 Å². The van der Waals surface area contributed by atoms with Gasteiger partial charge in [-0.25, -0.2) is 0 Å². The number of fused-ring (bicyclic) bond motifs is 1. The molecule has 0 saturated carbocycles. The van der Waals surface area contributed by atoms with E-state index in [1.165, 1.54) is 16.7 Å². The normalized spacial score (nSPS) is 20.7. The van der Waals surface area contributed by atoms with Crippen molar-refractivity contribution in [2.24, 2.45) is 0 Å². The molecule has 1 aliphatic heterocycles. The van der Waals surface area contributed by atoms with E-state index >= 15 is 0 Å². The fourth-order valence-electron chi connectivity index (χ4n) is 4.16. The van der Waals surface area contributed by atoms with E-state index in [1.807, 2.05) is 30.3 Å². The lowest BCUT2D eigenvalue weighted by atomic mass is 9.86. The topological polar surface area (TPSA) is 47.6 Å². The first kappa shape index (κ1) is 19.7. The standard InChI is InChI=1S/C25H29NO3/c1-2-4-18-6-7-21-16-22(11-8-20(21)15-18)26-25(27)19-9-12-23(13-10-19)29-17-24-5-3-14-28-24/h2,6-7,9-10,12-13,15,22,24H,1,3-5,8,11,14,16-17H2,(H,26,27)/t22-,24-/m0/s1. The monoisotopic (exact) mass is 391 g/mol. The molecule has 29 heavy (non-hydrogen) atoms. The molecular weight excluding hydrogens is 362 g/mol. The molecule has 4 heteroatoms. The predicted molar refractivity (Wildman–Crippen MR) is 115 cm³/mol. The van der Waals surface area contributed by atoms with Crippen LogP contribution in [-0.4, -0.2) is 31.3 Å². The van der Waals surface area contributed by atoms with Crippen LogP contribution in [-0.2, 0) is 24.0 Å². The number of aryl methyl sites for hydroxylation is 1. The lowest BCUT2D eigenvalue weighted by Gasteiger charge is -2.26. The Morgan fingerprint density at radius 1 is 1.17 bits per heavy atom. The van der Waals surface area contributed by atoms with Gasteiger partial charge in [-0.05, 0) is 79.5 Å². The summed E-state index contributed by atoms with van der Waals surface area (Å²) >= 11 is 0. The first-order valence-corrected chi connectivity index (χ1v) is 10.6. The Kier molecular flexibility index (Phi) is 6.30. The van der Waals surface area contributed by atoms with Crippen LogP contribution in [0.25, 0.3) is 0 Å². The van der Waals surface area contributed by atoms with Crippen LogP contribution in [0.4, 0.5) is 0 Å². The zero-order valence-corrected chi connectivity index (χ0v) is 16.9. The third kappa shape index (κ3) is 5.07. The minimum Gasteiger partial charge on any atom is -0.491 e. The SMILES string of the molecule is C=CCc1ccc2c(c1)CC[C@H](NC(=O)c1ccc(OC[C@@H]3CCCO3)cc1)C2. The van der Waals surface area contributed by atoms with Gasteiger partial charge in [0.25, 0.3) is 5.91 Å². The zero-order valence-electron chi connectivity index (χ0n) is 16.9. The highest BCUT2D eigenvalue weighted by Gasteiger charge is 2.21. The Bertz CT molecular complexity index is 853. The molecule has 1 amide bonds. The van der Waals surface area contributed by atoms with Crippen molar-refractivity contribution in [3.63, 3.8) is 0 Å². The molecule has 2 aromatic rings. The van der Waals surface area contributed by atoms with Crippen LogP contribution < -0.4 is 10.1 Å². The van der Waals surface area contributed by atoms with Crippen LogP contribution >= 0.6 is 0 Å². The van der Waals surface area contributed by atoms with E-state index in [9.17, 15) is 4.79 Å². The van der Waals surface area contributed by atoms with Gasteiger partial charge in [-0.1, -0.05) is 24.3 Å². The number of amides is 1. The van der Waals surface area contributed by atoms with Crippen LogP contribution in [0.1, 0.15) is 46.3 Å². The molecule has 2 atom stereocenters. The molecule has 2 aliphatic rings. The summed E-state index contributed by atoms with van der Waals surface area (Å²) in [5.74, 6) is 0.756. The number of benzene rings is 2. The maximum absolute atomic E-state index is 12.7. The molecule has 1 fully saturated rings. The Labute approximate surface area is 172 Å². The molecular formula is C25H29NO3. The molecule has 4 nitrogen and oxygen atoms in total. The summed E-state index contributed by atoms with van der Waals surface area (Å²) < 4.78 is 11.3. The average Bonchev–Trinajstić information content (AvgIpc) is 3.27. The van der Waals surface area contributed by atoms with Gasteiger partial charge in [-0.3, -0.25) is 4.79 Å². The van der Waals surface area contributed by atoms with Gasteiger partial charge >= 0.3 is 0 Å². The minimum absolute atomic E-state index is 0.0209.